The normalized spacial score (nSPS) is 18.8. The molecule has 1 aromatic rings. The van der Waals surface area contributed by atoms with Gasteiger partial charge in [-0.25, -0.2) is 4.99 Å². The van der Waals surface area contributed by atoms with Gasteiger partial charge in [0.25, 0.3) is 0 Å². The second-order valence-corrected chi connectivity index (χ2v) is 6.56. The van der Waals surface area contributed by atoms with Crippen molar-refractivity contribution in [2.45, 2.75) is 13.3 Å². The molecule has 0 aliphatic carbocycles. The van der Waals surface area contributed by atoms with Crippen molar-refractivity contribution in [1.82, 2.24) is 0 Å². The highest BCUT2D eigenvalue weighted by Gasteiger charge is 2.22. The molecule has 0 atom stereocenters. The summed E-state index contributed by atoms with van der Waals surface area (Å²) in [6.07, 6.45) is 2.86. The van der Waals surface area contributed by atoms with Gasteiger partial charge in [0.15, 0.2) is 11.5 Å². The van der Waals surface area contributed by atoms with Crippen LogP contribution < -0.4 is 9.47 Å². The van der Waals surface area contributed by atoms with E-state index < -0.39 is 0 Å². The molecule has 0 N–H and O–H groups in total. The Hall–Kier alpha value is -1.40. The molecule has 0 amide bonds. The van der Waals surface area contributed by atoms with Crippen LogP contribution in [0.4, 0.5) is 0 Å². The fourth-order valence-corrected chi connectivity index (χ4v) is 3.57. The highest BCUT2D eigenvalue weighted by atomic mass is 32.2. The van der Waals surface area contributed by atoms with E-state index in [9.17, 15) is 4.79 Å². The van der Waals surface area contributed by atoms with Crippen LogP contribution in [0.25, 0.3) is 6.08 Å². The van der Waals surface area contributed by atoms with Crippen LogP contribution in [0, 0.1) is 0 Å². The third kappa shape index (κ3) is 2.86. The molecule has 6 heteroatoms. The molecule has 0 spiro atoms. The molecule has 0 aromatic heterocycles. The first-order valence-electron chi connectivity index (χ1n) is 6.31. The summed E-state index contributed by atoms with van der Waals surface area (Å²) in [5, 5.41) is 0.00118. The van der Waals surface area contributed by atoms with Gasteiger partial charge in [0, 0.05) is 0 Å². The Bertz CT molecular complexity index is 610. The van der Waals surface area contributed by atoms with Gasteiger partial charge in [-0.15, -0.1) is 0 Å². The molecule has 104 valence electrons. The van der Waals surface area contributed by atoms with Crippen molar-refractivity contribution in [2.24, 2.45) is 4.99 Å². The molecule has 0 bridgehead atoms. The molecule has 2 aliphatic heterocycles. The fraction of sp³-hybridized carbons (Fsp3) is 0.286. The summed E-state index contributed by atoms with van der Waals surface area (Å²) in [7, 11) is 0. The molecule has 0 unspecified atom stereocenters. The molecule has 0 radical (unpaired) electrons. The van der Waals surface area contributed by atoms with Crippen molar-refractivity contribution in [3.63, 3.8) is 0 Å². The average molecular weight is 307 g/mol. The summed E-state index contributed by atoms with van der Waals surface area (Å²) in [5.41, 5.74) is 1.39. The van der Waals surface area contributed by atoms with E-state index in [-0.39, 0.29) is 11.9 Å². The standard InChI is InChI=1S/C14H13NO3S2/c1-2-5-19-14-15-10(13(16)20-14)6-9-3-4-11-12(7-9)18-8-17-11/h3-4,6-7H,2,5,8H2,1H3. The lowest BCUT2D eigenvalue weighted by Crippen LogP contribution is -1.92. The molecule has 0 saturated heterocycles. The zero-order valence-corrected chi connectivity index (χ0v) is 12.6. The molecule has 1 aromatic carbocycles. The quantitative estimate of drug-likeness (QED) is 0.800. The summed E-state index contributed by atoms with van der Waals surface area (Å²) < 4.78 is 11.4. The number of benzene rings is 1. The summed E-state index contributed by atoms with van der Waals surface area (Å²) in [6, 6.07) is 5.60. The Morgan fingerprint density at radius 1 is 1.40 bits per heavy atom. The monoisotopic (exact) mass is 307 g/mol. The number of aliphatic imine (C=N–C) groups is 1. The van der Waals surface area contributed by atoms with Gasteiger partial charge in [-0.1, -0.05) is 24.8 Å². The van der Waals surface area contributed by atoms with E-state index in [1.165, 1.54) is 11.8 Å². The molecule has 0 fully saturated rings. The Balaban J connectivity index is 1.81. The Labute approximate surface area is 125 Å². The van der Waals surface area contributed by atoms with E-state index >= 15 is 0 Å². The molecule has 2 heterocycles. The number of fused-ring (bicyclic) bond motifs is 1. The maximum atomic E-state index is 11.9. The first-order valence-corrected chi connectivity index (χ1v) is 8.11. The smallest absolute Gasteiger partial charge is 0.244 e. The van der Waals surface area contributed by atoms with Crippen LogP contribution in [0.5, 0.6) is 11.5 Å². The van der Waals surface area contributed by atoms with Crippen LogP contribution in [-0.4, -0.2) is 22.0 Å². The summed E-state index contributed by atoms with van der Waals surface area (Å²) in [4.78, 5) is 16.3. The maximum Gasteiger partial charge on any atom is 0.244 e. The van der Waals surface area contributed by atoms with Gasteiger partial charge in [0.05, 0.1) is 0 Å². The zero-order valence-electron chi connectivity index (χ0n) is 10.9. The van der Waals surface area contributed by atoms with Gasteiger partial charge in [-0.05, 0) is 47.7 Å². The molecule has 3 rings (SSSR count). The molecular weight excluding hydrogens is 294 g/mol. The predicted octanol–water partition coefficient (Wildman–Crippen LogP) is 3.53. The minimum Gasteiger partial charge on any atom is -0.454 e. The fourth-order valence-electron chi connectivity index (χ4n) is 1.80. The lowest BCUT2D eigenvalue weighted by atomic mass is 10.2. The molecule has 4 nitrogen and oxygen atoms in total. The number of thioether (sulfide) groups is 2. The molecule has 0 saturated carbocycles. The van der Waals surface area contributed by atoms with Gasteiger partial charge in [0.2, 0.25) is 11.9 Å². The van der Waals surface area contributed by atoms with E-state index in [1.807, 2.05) is 18.2 Å². The molecular formula is C14H13NO3S2. The largest absolute Gasteiger partial charge is 0.454 e. The number of carbonyl (C=O) groups is 1. The number of nitrogens with zero attached hydrogens (tertiary/aromatic N) is 1. The van der Waals surface area contributed by atoms with Crippen LogP contribution in [-0.2, 0) is 4.79 Å². The second kappa shape index (κ2) is 5.93. The summed E-state index contributed by atoms with van der Waals surface area (Å²) in [6.45, 7) is 2.36. The topological polar surface area (TPSA) is 47.9 Å². The Morgan fingerprint density at radius 2 is 2.25 bits per heavy atom. The van der Waals surface area contributed by atoms with Crippen molar-refractivity contribution in [3.05, 3.63) is 29.5 Å². The van der Waals surface area contributed by atoms with E-state index in [2.05, 4.69) is 11.9 Å². The van der Waals surface area contributed by atoms with Gasteiger partial charge in [-0.3, -0.25) is 4.79 Å². The number of hydrogen-bond acceptors (Lipinski definition) is 6. The number of rotatable bonds is 3. The van der Waals surface area contributed by atoms with Crippen molar-refractivity contribution < 1.29 is 14.3 Å². The molecule has 2 aliphatic rings. The van der Waals surface area contributed by atoms with Crippen LogP contribution in [0.3, 0.4) is 0 Å². The van der Waals surface area contributed by atoms with Crippen LogP contribution in [0.2, 0.25) is 0 Å². The van der Waals surface area contributed by atoms with Crippen molar-refractivity contribution in [3.8, 4) is 11.5 Å². The third-order valence-electron chi connectivity index (χ3n) is 2.73. The second-order valence-electron chi connectivity index (χ2n) is 4.26. The Morgan fingerprint density at radius 3 is 3.10 bits per heavy atom. The first-order chi connectivity index (χ1) is 9.76. The van der Waals surface area contributed by atoms with Crippen LogP contribution in [0.1, 0.15) is 18.9 Å². The Kier molecular flexibility index (Phi) is 4.03. The highest BCUT2D eigenvalue weighted by Crippen LogP contribution is 2.35. The number of carbonyl (C=O) groups excluding carboxylic acids is 1. The average Bonchev–Trinajstić information content (AvgIpc) is 3.03. The minimum absolute atomic E-state index is 0.00118. The van der Waals surface area contributed by atoms with Crippen molar-refractivity contribution >= 4 is 39.1 Å². The highest BCUT2D eigenvalue weighted by molar-refractivity contribution is 8.45. The summed E-state index contributed by atoms with van der Waals surface area (Å²) >= 11 is 2.84. The lowest BCUT2D eigenvalue weighted by Gasteiger charge is -1.98. The van der Waals surface area contributed by atoms with Crippen molar-refractivity contribution in [1.29, 1.82) is 0 Å². The van der Waals surface area contributed by atoms with Gasteiger partial charge in [0.1, 0.15) is 10.1 Å². The van der Waals surface area contributed by atoms with Gasteiger partial charge >= 0.3 is 0 Å². The van der Waals surface area contributed by atoms with E-state index in [0.29, 0.717) is 11.4 Å². The maximum absolute atomic E-state index is 11.9. The minimum atomic E-state index is 0.00118. The number of ether oxygens (including phenoxy) is 2. The van der Waals surface area contributed by atoms with Crippen LogP contribution >= 0.6 is 23.5 Å². The predicted molar refractivity (Wildman–Crippen MR) is 83.3 cm³/mol. The van der Waals surface area contributed by atoms with E-state index in [1.54, 1.807) is 17.8 Å². The van der Waals surface area contributed by atoms with Gasteiger partial charge < -0.3 is 9.47 Å². The van der Waals surface area contributed by atoms with E-state index in [0.717, 1.165) is 27.9 Å². The first kappa shape index (κ1) is 13.6. The third-order valence-corrected chi connectivity index (χ3v) is 4.95. The van der Waals surface area contributed by atoms with E-state index in [4.69, 9.17) is 9.47 Å². The summed E-state index contributed by atoms with van der Waals surface area (Å²) in [5.74, 6) is 2.43. The lowest BCUT2D eigenvalue weighted by molar-refractivity contribution is -0.107. The molecule has 20 heavy (non-hydrogen) atoms. The zero-order chi connectivity index (χ0) is 13.9. The SMILES string of the molecule is CCCSC1=NC(=Cc2ccc3c(c2)OCO3)C(=O)S1. The van der Waals surface area contributed by atoms with Crippen LogP contribution in [0.15, 0.2) is 28.9 Å². The van der Waals surface area contributed by atoms with Gasteiger partial charge in [-0.2, -0.15) is 0 Å². The van der Waals surface area contributed by atoms with Crippen molar-refractivity contribution in [2.75, 3.05) is 12.5 Å². The number of hydrogen-bond donors (Lipinski definition) is 0.